The minimum atomic E-state index is 0. The van der Waals surface area contributed by atoms with Crippen LogP contribution in [0.15, 0.2) is 48.5 Å². The second-order valence-corrected chi connectivity index (χ2v) is 4.41. The third-order valence-electron chi connectivity index (χ3n) is 3.24. The number of fused-ring (bicyclic) bond motifs is 1. The number of benzene rings is 2. The quantitative estimate of drug-likeness (QED) is 0.836. The van der Waals surface area contributed by atoms with Crippen molar-refractivity contribution in [3.05, 3.63) is 59.7 Å². The summed E-state index contributed by atoms with van der Waals surface area (Å²) in [5.41, 5.74) is 9.16. The molecule has 0 aromatic heterocycles. The number of ether oxygens (including phenoxy) is 1. The molecule has 0 saturated carbocycles. The van der Waals surface area contributed by atoms with Gasteiger partial charge in [-0.1, -0.05) is 24.3 Å². The number of nitrogen functional groups attached to an aromatic ring is 1. The molecule has 0 heterocycles. The zero-order chi connectivity index (χ0) is 11.7. The highest BCUT2D eigenvalue weighted by Crippen LogP contribution is 2.34. The van der Waals surface area contributed by atoms with Crippen molar-refractivity contribution in [2.75, 3.05) is 5.73 Å². The fourth-order valence-corrected chi connectivity index (χ4v) is 2.35. The lowest BCUT2D eigenvalue weighted by Crippen LogP contribution is -2.03. The third kappa shape index (κ3) is 2.44. The number of hydrogen-bond donors (Lipinski definition) is 1. The Morgan fingerprint density at radius 3 is 2.50 bits per heavy atom. The largest absolute Gasteiger partial charge is 0.486 e. The van der Waals surface area contributed by atoms with Crippen LogP contribution in [0.3, 0.4) is 0 Å². The van der Waals surface area contributed by atoms with E-state index in [-0.39, 0.29) is 18.5 Å². The molecule has 2 aromatic rings. The van der Waals surface area contributed by atoms with E-state index in [1.807, 2.05) is 24.3 Å². The van der Waals surface area contributed by atoms with Crippen molar-refractivity contribution in [2.45, 2.75) is 18.9 Å². The van der Waals surface area contributed by atoms with E-state index in [9.17, 15) is 0 Å². The molecule has 2 nitrogen and oxygen atoms in total. The van der Waals surface area contributed by atoms with Gasteiger partial charge in [0.05, 0.1) is 0 Å². The van der Waals surface area contributed by atoms with Gasteiger partial charge in [-0.25, -0.2) is 0 Å². The van der Waals surface area contributed by atoms with E-state index in [1.165, 1.54) is 11.1 Å². The van der Waals surface area contributed by atoms with Crippen molar-refractivity contribution in [2.24, 2.45) is 0 Å². The van der Waals surface area contributed by atoms with Crippen molar-refractivity contribution >= 4 is 18.1 Å². The molecule has 1 aliphatic carbocycles. The van der Waals surface area contributed by atoms with Crippen LogP contribution in [-0.2, 0) is 6.42 Å². The van der Waals surface area contributed by atoms with Gasteiger partial charge in [0.25, 0.3) is 0 Å². The van der Waals surface area contributed by atoms with Gasteiger partial charge in [-0.15, -0.1) is 12.4 Å². The van der Waals surface area contributed by atoms with Gasteiger partial charge in [0.2, 0.25) is 0 Å². The maximum atomic E-state index is 6.00. The summed E-state index contributed by atoms with van der Waals surface area (Å²) in [7, 11) is 0. The first-order chi connectivity index (χ1) is 8.33. The fourth-order valence-electron chi connectivity index (χ4n) is 2.35. The van der Waals surface area contributed by atoms with E-state index < -0.39 is 0 Å². The molecule has 18 heavy (non-hydrogen) atoms. The summed E-state index contributed by atoms with van der Waals surface area (Å²) in [4.78, 5) is 0. The van der Waals surface area contributed by atoms with Crippen LogP contribution >= 0.6 is 12.4 Å². The average Bonchev–Trinajstić information content (AvgIpc) is 2.76. The maximum Gasteiger partial charge on any atom is 0.124 e. The summed E-state index contributed by atoms with van der Waals surface area (Å²) in [6, 6.07) is 16.1. The van der Waals surface area contributed by atoms with Crippen molar-refractivity contribution < 1.29 is 4.74 Å². The van der Waals surface area contributed by atoms with Gasteiger partial charge in [0.1, 0.15) is 11.9 Å². The van der Waals surface area contributed by atoms with Gasteiger partial charge in [-0.05, 0) is 48.2 Å². The molecule has 2 N–H and O–H groups in total. The van der Waals surface area contributed by atoms with Gasteiger partial charge in [0, 0.05) is 5.69 Å². The van der Waals surface area contributed by atoms with Crippen LogP contribution in [0, 0.1) is 0 Å². The normalized spacial score (nSPS) is 16.8. The molecular weight excluding hydrogens is 246 g/mol. The molecule has 3 heteroatoms. The van der Waals surface area contributed by atoms with Crippen LogP contribution in [0.4, 0.5) is 5.69 Å². The van der Waals surface area contributed by atoms with Crippen molar-refractivity contribution in [3.8, 4) is 5.75 Å². The Hall–Kier alpha value is -1.67. The number of halogens is 1. The Morgan fingerprint density at radius 2 is 1.72 bits per heavy atom. The lowest BCUT2D eigenvalue weighted by atomic mass is 10.1. The average molecular weight is 262 g/mol. The Morgan fingerprint density at radius 1 is 1.00 bits per heavy atom. The molecule has 0 fully saturated rings. The molecule has 94 valence electrons. The summed E-state index contributed by atoms with van der Waals surface area (Å²) in [5, 5.41) is 0. The molecule has 1 unspecified atom stereocenters. The Kier molecular flexibility index (Phi) is 3.78. The van der Waals surface area contributed by atoms with Crippen molar-refractivity contribution in [1.29, 1.82) is 0 Å². The highest BCUT2D eigenvalue weighted by molar-refractivity contribution is 5.85. The van der Waals surface area contributed by atoms with Crippen LogP contribution in [0.25, 0.3) is 0 Å². The number of hydrogen-bond acceptors (Lipinski definition) is 2. The number of anilines is 1. The molecule has 3 rings (SSSR count). The van der Waals surface area contributed by atoms with Gasteiger partial charge in [-0.3, -0.25) is 0 Å². The predicted molar refractivity (Wildman–Crippen MR) is 76.2 cm³/mol. The van der Waals surface area contributed by atoms with E-state index in [4.69, 9.17) is 10.5 Å². The smallest absolute Gasteiger partial charge is 0.124 e. The monoisotopic (exact) mass is 261 g/mol. The zero-order valence-corrected chi connectivity index (χ0v) is 10.8. The number of nitrogens with two attached hydrogens (primary N) is 1. The molecule has 2 aromatic carbocycles. The molecule has 0 saturated heterocycles. The lowest BCUT2D eigenvalue weighted by Gasteiger charge is -2.14. The lowest BCUT2D eigenvalue weighted by molar-refractivity contribution is 0.207. The second-order valence-electron chi connectivity index (χ2n) is 4.41. The SMILES string of the molecule is Cl.Nc1ccc(OC2CCc3ccccc32)cc1. The molecular formula is C15H16ClNO. The van der Waals surface area contributed by atoms with E-state index in [0.29, 0.717) is 0 Å². The molecule has 0 bridgehead atoms. The van der Waals surface area contributed by atoms with E-state index >= 15 is 0 Å². The summed E-state index contributed by atoms with van der Waals surface area (Å²) in [6.07, 6.45) is 2.36. The molecule has 0 spiro atoms. The minimum absolute atomic E-state index is 0. The van der Waals surface area contributed by atoms with Gasteiger partial charge in [0.15, 0.2) is 0 Å². The van der Waals surface area contributed by atoms with Gasteiger partial charge in [-0.2, -0.15) is 0 Å². The Bertz CT molecular complexity index is 524. The Labute approximate surface area is 113 Å². The highest BCUT2D eigenvalue weighted by Gasteiger charge is 2.23. The molecule has 1 aliphatic rings. The second kappa shape index (κ2) is 5.32. The molecule has 0 aliphatic heterocycles. The third-order valence-corrected chi connectivity index (χ3v) is 3.24. The van der Waals surface area contributed by atoms with E-state index in [1.54, 1.807) is 0 Å². The van der Waals surface area contributed by atoms with Crippen LogP contribution in [0.5, 0.6) is 5.75 Å². The van der Waals surface area contributed by atoms with Gasteiger partial charge < -0.3 is 10.5 Å². The van der Waals surface area contributed by atoms with E-state index in [2.05, 4.69) is 24.3 Å². The number of rotatable bonds is 2. The summed E-state index contributed by atoms with van der Waals surface area (Å²) in [6.45, 7) is 0. The van der Waals surface area contributed by atoms with Crippen molar-refractivity contribution in [3.63, 3.8) is 0 Å². The van der Waals surface area contributed by atoms with Crippen LogP contribution in [0.2, 0.25) is 0 Å². The minimum Gasteiger partial charge on any atom is -0.486 e. The Balaban J connectivity index is 0.00000120. The summed E-state index contributed by atoms with van der Waals surface area (Å²) >= 11 is 0. The first-order valence-corrected chi connectivity index (χ1v) is 5.93. The summed E-state index contributed by atoms with van der Waals surface area (Å²) in [5.74, 6) is 0.890. The first kappa shape index (κ1) is 12.8. The molecule has 1 atom stereocenters. The van der Waals surface area contributed by atoms with Gasteiger partial charge >= 0.3 is 0 Å². The first-order valence-electron chi connectivity index (χ1n) is 5.93. The standard InChI is InChI=1S/C15H15NO.ClH/c16-12-6-8-13(9-7-12)17-15-10-5-11-3-1-2-4-14(11)15;/h1-4,6-9,15H,5,10,16H2;1H. The van der Waals surface area contributed by atoms with Crippen LogP contribution in [0.1, 0.15) is 23.7 Å². The van der Waals surface area contributed by atoms with Crippen LogP contribution in [-0.4, -0.2) is 0 Å². The van der Waals surface area contributed by atoms with Crippen molar-refractivity contribution in [1.82, 2.24) is 0 Å². The predicted octanol–water partition coefficient (Wildman–Crippen LogP) is 3.76. The molecule has 0 amide bonds. The zero-order valence-electron chi connectivity index (χ0n) is 10.0. The highest BCUT2D eigenvalue weighted by atomic mass is 35.5. The molecule has 0 radical (unpaired) electrons. The fraction of sp³-hybridized carbons (Fsp3) is 0.200. The topological polar surface area (TPSA) is 35.2 Å². The van der Waals surface area contributed by atoms with E-state index in [0.717, 1.165) is 24.3 Å². The number of aryl methyl sites for hydroxylation is 1. The van der Waals surface area contributed by atoms with Crippen LogP contribution < -0.4 is 10.5 Å². The summed E-state index contributed by atoms with van der Waals surface area (Å²) < 4.78 is 6.00. The maximum absolute atomic E-state index is 6.00.